The maximum absolute atomic E-state index is 11.3. The molecule has 1 fully saturated rings. The molecule has 4 nitrogen and oxygen atoms in total. The Morgan fingerprint density at radius 2 is 2.11 bits per heavy atom. The Hall–Kier alpha value is -0.940. The smallest absolute Gasteiger partial charge is 0.347 e. The van der Waals surface area contributed by atoms with Gasteiger partial charge in [-0.15, -0.1) is 11.3 Å². The molecule has 100 valence electrons. The summed E-state index contributed by atoms with van der Waals surface area (Å²) in [4.78, 5) is 16.2. The summed E-state index contributed by atoms with van der Waals surface area (Å²) in [5.74, 6) is -0.384. The summed E-state index contributed by atoms with van der Waals surface area (Å²) in [6.45, 7) is 5.95. The molecule has 0 bridgehead atoms. The SMILES string of the molecule is COC(c1nc(C(C)(C)C)c(C(=O)O)s1)C1CC1. The largest absolute Gasteiger partial charge is 0.477 e. The number of nitrogens with zero attached hydrogens (tertiary/aromatic N) is 1. The second-order valence-corrected chi connectivity index (χ2v) is 6.81. The number of hydrogen-bond donors (Lipinski definition) is 1. The number of aromatic carboxylic acids is 1. The first-order valence-corrected chi connectivity index (χ1v) is 6.93. The molecule has 2 rings (SSSR count). The second kappa shape index (κ2) is 4.63. The minimum absolute atomic E-state index is 0.0378. The molecule has 0 aromatic carbocycles. The zero-order valence-corrected chi connectivity index (χ0v) is 12.0. The molecule has 1 aliphatic carbocycles. The molecule has 1 aromatic rings. The van der Waals surface area contributed by atoms with Gasteiger partial charge in [-0.25, -0.2) is 9.78 Å². The lowest BCUT2D eigenvalue weighted by molar-refractivity contribution is 0.0699. The standard InChI is InChI=1S/C13H19NO3S/c1-13(2,3)10-9(12(15)16)18-11(14-10)8(17-4)7-5-6-7/h7-8H,5-6H2,1-4H3,(H,15,16). The average Bonchev–Trinajstić information content (AvgIpc) is 2.95. The van der Waals surface area contributed by atoms with Crippen molar-refractivity contribution in [2.45, 2.75) is 45.1 Å². The van der Waals surface area contributed by atoms with Crippen LogP contribution in [0.4, 0.5) is 0 Å². The van der Waals surface area contributed by atoms with Crippen LogP contribution in [0.3, 0.4) is 0 Å². The molecule has 1 aromatic heterocycles. The van der Waals surface area contributed by atoms with Gasteiger partial charge in [0.05, 0.1) is 5.69 Å². The minimum atomic E-state index is -0.894. The minimum Gasteiger partial charge on any atom is -0.477 e. The number of thiazole rings is 1. The quantitative estimate of drug-likeness (QED) is 0.911. The van der Waals surface area contributed by atoms with Gasteiger partial charge in [0.25, 0.3) is 0 Å². The molecule has 0 amide bonds. The van der Waals surface area contributed by atoms with Crippen LogP contribution in [-0.2, 0) is 10.2 Å². The highest BCUT2D eigenvalue weighted by atomic mass is 32.1. The molecule has 0 aliphatic heterocycles. The third kappa shape index (κ3) is 2.57. The van der Waals surface area contributed by atoms with E-state index in [2.05, 4.69) is 4.98 Å². The Kier molecular flexibility index (Phi) is 3.47. The molecule has 1 unspecified atom stereocenters. The van der Waals surface area contributed by atoms with Crippen molar-refractivity contribution < 1.29 is 14.6 Å². The molecule has 1 heterocycles. The van der Waals surface area contributed by atoms with Crippen LogP contribution in [0.15, 0.2) is 0 Å². The molecule has 0 radical (unpaired) electrons. The number of ether oxygens (including phenoxy) is 1. The van der Waals surface area contributed by atoms with E-state index in [0.29, 0.717) is 16.5 Å². The summed E-state index contributed by atoms with van der Waals surface area (Å²) >= 11 is 1.26. The van der Waals surface area contributed by atoms with Crippen molar-refractivity contribution in [3.63, 3.8) is 0 Å². The second-order valence-electron chi connectivity index (χ2n) is 5.78. The van der Waals surface area contributed by atoms with Gasteiger partial charge in [0.2, 0.25) is 0 Å². The zero-order valence-electron chi connectivity index (χ0n) is 11.2. The average molecular weight is 269 g/mol. The van der Waals surface area contributed by atoms with Gasteiger partial charge in [-0.05, 0) is 18.8 Å². The molecule has 1 atom stereocenters. The first kappa shape index (κ1) is 13.5. The van der Waals surface area contributed by atoms with E-state index < -0.39 is 5.97 Å². The van der Waals surface area contributed by atoms with E-state index >= 15 is 0 Å². The third-order valence-corrected chi connectivity index (χ3v) is 4.20. The van der Waals surface area contributed by atoms with Crippen molar-refractivity contribution in [1.29, 1.82) is 0 Å². The van der Waals surface area contributed by atoms with E-state index in [-0.39, 0.29) is 11.5 Å². The van der Waals surface area contributed by atoms with E-state index in [0.717, 1.165) is 17.8 Å². The number of methoxy groups -OCH3 is 1. The topological polar surface area (TPSA) is 59.4 Å². The van der Waals surface area contributed by atoms with E-state index in [1.807, 2.05) is 20.8 Å². The Morgan fingerprint density at radius 3 is 2.44 bits per heavy atom. The molecule has 5 heteroatoms. The third-order valence-electron chi connectivity index (χ3n) is 3.10. The lowest BCUT2D eigenvalue weighted by atomic mass is 9.91. The van der Waals surface area contributed by atoms with Gasteiger partial charge in [-0.3, -0.25) is 0 Å². The molecule has 1 saturated carbocycles. The summed E-state index contributed by atoms with van der Waals surface area (Å²) < 4.78 is 5.48. The molecular weight excluding hydrogens is 250 g/mol. The van der Waals surface area contributed by atoms with Crippen LogP contribution in [0.5, 0.6) is 0 Å². The van der Waals surface area contributed by atoms with Crippen molar-refractivity contribution >= 4 is 17.3 Å². The van der Waals surface area contributed by atoms with Crippen LogP contribution >= 0.6 is 11.3 Å². The molecule has 0 spiro atoms. The van der Waals surface area contributed by atoms with Crippen molar-refractivity contribution in [1.82, 2.24) is 4.98 Å². The molecule has 1 aliphatic rings. The van der Waals surface area contributed by atoms with Gasteiger partial charge in [0.1, 0.15) is 16.0 Å². The van der Waals surface area contributed by atoms with E-state index in [1.165, 1.54) is 11.3 Å². The van der Waals surface area contributed by atoms with Crippen LogP contribution in [-0.4, -0.2) is 23.2 Å². The molecule has 0 saturated heterocycles. The highest BCUT2D eigenvalue weighted by molar-refractivity contribution is 7.13. The lowest BCUT2D eigenvalue weighted by Crippen LogP contribution is -2.16. The van der Waals surface area contributed by atoms with Gasteiger partial charge in [-0.2, -0.15) is 0 Å². The van der Waals surface area contributed by atoms with Crippen LogP contribution in [0, 0.1) is 5.92 Å². The highest BCUT2D eigenvalue weighted by Gasteiger charge is 2.37. The first-order chi connectivity index (χ1) is 8.34. The first-order valence-electron chi connectivity index (χ1n) is 6.12. The van der Waals surface area contributed by atoms with Crippen molar-refractivity contribution in [3.8, 4) is 0 Å². The number of carboxylic acids is 1. The normalized spacial score (nSPS) is 17.8. The monoisotopic (exact) mass is 269 g/mol. The maximum Gasteiger partial charge on any atom is 0.347 e. The Morgan fingerprint density at radius 1 is 1.50 bits per heavy atom. The fourth-order valence-electron chi connectivity index (χ4n) is 2.01. The van der Waals surface area contributed by atoms with Gasteiger partial charge in [0, 0.05) is 12.5 Å². The van der Waals surface area contributed by atoms with Gasteiger partial charge >= 0.3 is 5.97 Å². The maximum atomic E-state index is 11.3. The van der Waals surface area contributed by atoms with Gasteiger partial charge in [-0.1, -0.05) is 20.8 Å². The van der Waals surface area contributed by atoms with E-state index in [4.69, 9.17) is 4.74 Å². The summed E-state index contributed by atoms with van der Waals surface area (Å²) in [7, 11) is 1.67. The number of carbonyl (C=O) groups is 1. The van der Waals surface area contributed by atoms with E-state index in [1.54, 1.807) is 7.11 Å². The van der Waals surface area contributed by atoms with Crippen molar-refractivity contribution in [2.75, 3.05) is 7.11 Å². The van der Waals surface area contributed by atoms with E-state index in [9.17, 15) is 9.90 Å². The Labute approximate surface area is 111 Å². The van der Waals surface area contributed by atoms with Crippen molar-refractivity contribution in [3.05, 3.63) is 15.6 Å². The summed E-state index contributed by atoms with van der Waals surface area (Å²) in [6, 6.07) is 0. The molecule has 18 heavy (non-hydrogen) atoms. The predicted octanol–water partition coefficient (Wildman–Crippen LogP) is 3.24. The fraction of sp³-hybridized carbons (Fsp3) is 0.692. The summed E-state index contributed by atoms with van der Waals surface area (Å²) in [5, 5.41) is 10.1. The fourth-order valence-corrected chi connectivity index (χ4v) is 3.29. The summed E-state index contributed by atoms with van der Waals surface area (Å²) in [5.41, 5.74) is 0.405. The van der Waals surface area contributed by atoms with Crippen LogP contribution in [0.1, 0.15) is 60.1 Å². The number of carboxylic acid groups (broad SMARTS) is 1. The van der Waals surface area contributed by atoms with Crippen LogP contribution < -0.4 is 0 Å². The van der Waals surface area contributed by atoms with Crippen LogP contribution in [0.25, 0.3) is 0 Å². The highest BCUT2D eigenvalue weighted by Crippen LogP contribution is 2.45. The zero-order chi connectivity index (χ0) is 13.5. The van der Waals surface area contributed by atoms with Crippen molar-refractivity contribution in [2.24, 2.45) is 5.92 Å². The molecular formula is C13H19NO3S. The van der Waals surface area contributed by atoms with Gasteiger partial charge in [0.15, 0.2) is 0 Å². The lowest BCUT2D eigenvalue weighted by Gasteiger charge is -2.16. The summed E-state index contributed by atoms with van der Waals surface area (Å²) in [6.07, 6.45) is 2.25. The molecule has 1 N–H and O–H groups in total. The Bertz CT molecular complexity index is 457. The van der Waals surface area contributed by atoms with Crippen LogP contribution in [0.2, 0.25) is 0 Å². The Balaban J connectivity index is 2.41. The predicted molar refractivity (Wildman–Crippen MR) is 70.2 cm³/mol. The number of aromatic nitrogens is 1. The number of hydrogen-bond acceptors (Lipinski definition) is 4. The number of rotatable bonds is 4. The van der Waals surface area contributed by atoms with Gasteiger partial charge < -0.3 is 9.84 Å².